The quantitative estimate of drug-likeness (QED) is 0.776. The number of nitrogens with one attached hydrogen (secondary N) is 1. The number of carboxylic acid groups (broad SMARTS) is 1. The lowest BCUT2D eigenvalue weighted by molar-refractivity contribution is 0.139. The van der Waals surface area contributed by atoms with Gasteiger partial charge in [-0.15, -0.1) is 0 Å². The smallest absolute Gasteiger partial charge is 0.407 e. The molecule has 2 N–H and O–H groups in total. The first kappa shape index (κ1) is 17.1. The number of hydrogen-bond donors (Lipinski definition) is 2. The predicted octanol–water partition coefficient (Wildman–Crippen LogP) is 4.09. The zero-order chi connectivity index (χ0) is 17.3. The lowest BCUT2D eigenvalue weighted by atomic mass is 10.1. The van der Waals surface area contributed by atoms with Crippen molar-refractivity contribution in [1.82, 2.24) is 14.9 Å². The van der Waals surface area contributed by atoms with Crippen molar-refractivity contribution in [3.63, 3.8) is 0 Å². The molecule has 0 saturated heterocycles. The maximum Gasteiger partial charge on any atom is 0.407 e. The van der Waals surface area contributed by atoms with Crippen LogP contribution < -0.4 is 5.32 Å². The van der Waals surface area contributed by atoms with Crippen molar-refractivity contribution < 1.29 is 9.90 Å². The van der Waals surface area contributed by atoms with Gasteiger partial charge in [0.05, 0.1) is 12.2 Å². The molecule has 0 bridgehead atoms. The Labute approximate surface area is 153 Å². The number of fused-ring (bicyclic) bond motifs is 1. The first-order valence-corrected chi connectivity index (χ1v) is 8.28. The van der Waals surface area contributed by atoms with Crippen LogP contribution in [-0.2, 0) is 19.5 Å². The number of aromatic nitrogens is 2. The summed E-state index contributed by atoms with van der Waals surface area (Å²) in [5, 5.41) is 13.6. The highest BCUT2D eigenvalue weighted by atomic mass is 35.5. The molecule has 1 aromatic heterocycles. The van der Waals surface area contributed by atoms with Gasteiger partial charge in [0.1, 0.15) is 5.82 Å². The number of halogens is 3. The zero-order valence-electron chi connectivity index (χ0n) is 12.4. The highest BCUT2D eigenvalue weighted by Gasteiger charge is 2.25. The fourth-order valence-electron chi connectivity index (χ4n) is 2.54. The third-order valence-corrected chi connectivity index (χ3v) is 4.52. The molecular weight excluding hydrogens is 375 g/mol. The van der Waals surface area contributed by atoms with E-state index < -0.39 is 6.09 Å². The van der Waals surface area contributed by atoms with Gasteiger partial charge in [0.15, 0.2) is 0 Å². The summed E-state index contributed by atoms with van der Waals surface area (Å²) in [5.41, 5.74) is 2.34. The molecule has 0 fully saturated rings. The molecule has 6 nitrogen and oxygen atoms in total. The van der Waals surface area contributed by atoms with E-state index in [0.717, 1.165) is 16.8 Å². The third-order valence-electron chi connectivity index (χ3n) is 3.76. The van der Waals surface area contributed by atoms with Gasteiger partial charge in [-0.1, -0.05) is 29.3 Å². The van der Waals surface area contributed by atoms with Gasteiger partial charge in [0.2, 0.25) is 5.28 Å². The molecule has 1 aliphatic rings. The van der Waals surface area contributed by atoms with E-state index in [-0.39, 0.29) is 11.8 Å². The summed E-state index contributed by atoms with van der Waals surface area (Å²) < 4.78 is 0. The van der Waals surface area contributed by atoms with Gasteiger partial charge < -0.3 is 15.3 Å². The lowest BCUT2D eigenvalue weighted by Crippen LogP contribution is -2.36. The Morgan fingerprint density at radius 1 is 1.29 bits per heavy atom. The summed E-state index contributed by atoms with van der Waals surface area (Å²) in [4.78, 5) is 20.9. The van der Waals surface area contributed by atoms with Gasteiger partial charge >= 0.3 is 6.09 Å². The second-order valence-electron chi connectivity index (χ2n) is 5.31. The minimum Gasteiger partial charge on any atom is -0.465 e. The molecule has 0 saturated carbocycles. The molecule has 126 valence electrons. The molecular formula is C15H13Cl3N4O2. The first-order valence-electron chi connectivity index (χ1n) is 7.15. The standard InChI is InChI=1S/C15H13Cl3N4O2/c16-9-2-1-8(11(17)5-9)6-19-13-10-7-22(15(23)24)4-3-12(10)20-14(18)21-13/h1-2,5H,3-4,6-7H2,(H,23,24)(H,19,20,21). The van der Waals surface area contributed by atoms with Crippen LogP contribution in [-0.4, -0.2) is 32.6 Å². The highest BCUT2D eigenvalue weighted by Crippen LogP contribution is 2.27. The van der Waals surface area contributed by atoms with Crippen molar-refractivity contribution in [2.24, 2.45) is 0 Å². The fourth-order valence-corrected chi connectivity index (χ4v) is 3.20. The first-order chi connectivity index (χ1) is 11.4. The topological polar surface area (TPSA) is 78.3 Å². The maximum absolute atomic E-state index is 11.2. The summed E-state index contributed by atoms with van der Waals surface area (Å²) in [6.07, 6.45) is -0.470. The normalized spacial score (nSPS) is 13.5. The van der Waals surface area contributed by atoms with Gasteiger partial charge in [-0.3, -0.25) is 0 Å². The van der Waals surface area contributed by atoms with E-state index in [4.69, 9.17) is 34.8 Å². The van der Waals surface area contributed by atoms with Crippen LogP contribution in [0.15, 0.2) is 18.2 Å². The molecule has 1 amide bonds. The molecule has 2 aromatic rings. The maximum atomic E-state index is 11.2. The second-order valence-corrected chi connectivity index (χ2v) is 6.49. The molecule has 24 heavy (non-hydrogen) atoms. The summed E-state index contributed by atoms with van der Waals surface area (Å²) in [6.45, 7) is 1.01. The van der Waals surface area contributed by atoms with Crippen LogP contribution in [0.2, 0.25) is 15.3 Å². The minimum absolute atomic E-state index is 0.127. The molecule has 0 radical (unpaired) electrons. The van der Waals surface area contributed by atoms with Gasteiger partial charge in [-0.2, -0.15) is 0 Å². The molecule has 0 aliphatic carbocycles. The lowest BCUT2D eigenvalue weighted by Gasteiger charge is -2.27. The van der Waals surface area contributed by atoms with Crippen molar-refractivity contribution in [3.05, 3.63) is 50.3 Å². The van der Waals surface area contributed by atoms with Crippen molar-refractivity contribution in [1.29, 1.82) is 0 Å². The molecule has 1 aliphatic heterocycles. The minimum atomic E-state index is -0.970. The van der Waals surface area contributed by atoms with Gasteiger partial charge in [-0.05, 0) is 29.3 Å². The van der Waals surface area contributed by atoms with E-state index in [1.165, 1.54) is 4.90 Å². The Kier molecular flexibility index (Phi) is 4.99. The Hall–Kier alpha value is -1.76. The largest absolute Gasteiger partial charge is 0.465 e. The number of amides is 1. The fraction of sp³-hybridized carbons (Fsp3) is 0.267. The average Bonchev–Trinajstić information content (AvgIpc) is 2.53. The number of benzene rings is 1. The van der Waals surface area contributed by atoms with E-state index in [9.17, 15) is 9.90 Å². The van der Waals surface area contributed by atoms with Crippen molar-refractivity contribution in [2.75, 3.05) is 11.9 Å². The molecule has 2 heterocycles. The average molecular weight is 388 g/mol. The van der Waals surface area contributed by atoms with Crippen LogP contribution in [0.25, 0.3) is 0 Å². The van der Waals surface area contributed by atoms with Crippen LogP contribution in [0.5, 0.6) is 0 Å². The van der Waals surface area contributed by atoms with E-state index in [0.29, 0.717) is 35.4 Å². The zero-order valence-corrected chi connectivity index (χ0v) is 14.7. The number of nitrogens with zero attached hydrogens (tertiary/aromatic N) is 3. The highest BCUT2D eigenvalue weighted by molar-refractivity contribution is 6.35. The molecule has 0 spiro atoms. The van der Waals surface area contributed by atoms with Crippen molar-refractivity contribution in [3.8, 4) is 0 Å². The molecule has 0 atom stereocenters. The summed E-state index contributed by atoms with van der Waals surface area (Å²) in [6, 6.07) is 5.23. The van der Waals surface area contributed by atoms with Crippen LogP contribution in [0.4, 0.5) is 10.6 Å². The number of carbonyl (C=O) groups is 1. The third kappa shape index (κ3) is 3.66. The van der Waals surface area contributed by atoms with Crippen LogP contribution in [0.3, 0.4) is 0 Å². The van der Waals surface area contributed by atoms with Gasteiger partial charge in [0, 0.05) is 35.1 Å². The van der Waals surface area contributed by atoms with Crippen LogP contribution in [0, 0.1) is 0 Å². The number of hydrogen-bond acceptors (Lipinski definition) is 4. The molecule has 3 rings (SSSR count). The summed E-state index contributed by atoms with van der Waals surface area (Å²) in [5.74, 6) is 0.516. The SMILES string of the molecule is O=C(O)N1CCc2nc(Cl)nc(NCc3ccc(Cl)cc3Cl)c2C1. The molecule has 9 heteroatoms. The van der Waals surface area contributed by atoms with E-state index >= 15 is 0 Å². The summed E-state index contributed by atoms with van der Waals surface area (Å²) >= 11 is 18.0. The van der Waals surface area contributed by atoms with Crippen molar-refractivity contribution >= 4 is 46.7 Å². The van der Waals surface area contributed by atoms with E-state index in [1.807, 2.05) is 6.07 Å². The Morgan fingerprint density at radius 3 is 2.79 bits per heavy atom. The Bertz CT molecular complexity index is 801. The van der Waals surface area contributed by atoms with E-state index in [2.05, 4.69) is 15.3 Å². The van der Waals surface area contributed by atoms with Crippen molar-refractivity contribution in [2.45, 2.75) is 19.5 Å². The molecule has 1 aromatic carbocycles. The van der Waals surface area contributed by atoms with Gasteiger partial charge in [0.25, 0.3) is 0 Å². The number of rotatable bonds is 3. The van der Waals surface area contributed by atoms with E-state index in [1.54, 1.807) is 12.1 Å². The number of anilines is 1. The molecule has 0 unspecified atom stereocenters. The monoisotopic (exact) mass is 386 g/mol. The van der Waals surface area contributed by atoms with Gasteiger partial charge in [-0.25, -0.2) is 14.8 Å². The summed E-state index contributed by atoms with van der Waals surface area (Å²) in [7, 11) is 0. The van der Waals surface area contributed by atoms with Crippen LogP contribution in [0.1, 0.15) is 16.8 Å². The Balaban J connectivity index is 1.85. The predicted molar refractivity (Wildman–Crippen MR) is 93.0 cm³/mol. The second kappa shape index (κ2) is 7.01. The Morgan fingerprint density at radius 2 is 2.08 bits per heavy atom. The van der Waals surface area contributed by atoms with Crippen LogP contribution >= 0.6 is 34.8 Å².